The molecule has 2 heterocycles. The molecule has 0 aromatic heterocycles. The van der Waals surface area contributed by atoms with Crippen molar-refractivity contribution in [3.05, 3.63) is 29.8 Å². The van der Waals surface area contributed by atoms with Crippen LogP contribution in [0.5, 0.6) is 5.75 Å². The SMILES string of the molecule is CCOc1ccccc1C1CCN([C@@H]2CCC3(C2)CN(C(C)=O)C3)CC1. The van der Waals surface area contributed by atoms with Crippen LogP contribution in [0.2, 0.25) is 0 Å². The average molecular weight is 357 g/mol. The van der Waals surface area contributed by atoms with Crippen molar-refractivity contribution in [1.29, 1.82) is 0 Å². The summed E-state index contributed by atoms with van der Waals surface area (Å²) in [6.07, 6.45) is 6.36. The van der Waals surface area contributed by atoms with Crippen LogP contribution in [0.25, 0.3) is 0 Å². The van der Waals surface area contributed by atoms with Crippen LogP contribution in [-0.2, 0) is 4.79 Å². The second-order valence-electron chi connectivity index (χ2n) is 8.55. The van der Waals surface area contributed by atoms with Crippen molar-refractivity contribution in [2.75, 3.05) is 32.8 Å². The van der Waals surface area contributed by atoms with Gasteiger partial charge >= 0.3 is 0 Å². The van der Waals surface area contributed by atoms with Crippen molar-refractivity contribution >= 4 is 5.91 Å². The lowest BCUT2D eigenvalue weighted by Gasteiger charge is -2.48. The van der Waals surface area contributed by atoms with Gasteiger partial charge in [-0.2, -0.15) is 0 Å². The van der Waals surface area contributed by atoms with Gasteiger partial charge in [-0.05, 0) is 69.7 Å². The molecule has 1 spiro atoms. The van der Waals surface area contributed by atoms with Gasteiger partial charge in [-0.1, -0.05) is 18.2 Å². The van der Waals surface area contributed by atoms with E-state index in [1.807, 2.05) is 4.90 Å². The molecule has 0 bridgehead atoms. The molecule has 1 amide bonds. The number of piperidine rings is 1. The molecule has 3 aliphatic rings. The van der Waals surface area contributed by atoms with E-state index < -0.39 is 0 Å². The van der Waals surface area contributed by atoms with Gasteiger partial charge in [0.05, 0.1) is 6.61 Å². The lowest BCUT2D eigenvalue weighted by molar-refractivity contribution is -0.140. The fourth-order valence-electron chi connectivity index (χ4n) is 5.44. The Balaban J connectivity index is 1.32. The van der Waals surface area contributed by atoms with Gasteiger partial charge in [0.2, 0.25) is 5.91 Å². The Morgan fingerprint density at radius 1 is 1.19 bits per heavy atom. The zero-order valence-corrected chi connectivity index (χ0v) is 16.2. The van der Waals surface area contributed by atoms with Gasteiger partial charge in [0, 0.05) is 31.5 Å². The van der Waals surface area contributed by atoms with Crippen molar-refractivity contribution in [2.24, 2.45) is 5.41 Å². The maximum Gasteiger partial charge on any atom is 0.219 e. The van der Waals surface area contributed by atoms with Crippen LogP contribution in [-0.4, -0.2) is 54.5 Å². The minimum atomic E-state index is 0.243. The minimum Gasteiger partial charge on any atom is -0.494 e. The zero-order valence-electron chi connectivity index (χ0n) is 16.2. The molecule has 1 aromatic carbocycles. The first kappa shape index (κ1) is 17.8. The van der Waals surface area contributed by atoms with Crippen molar-refractivity contribution in [2.45, 2.75) is 57.9 Å². The van der Waals surface area contributed by atoms with E-state index in [0.717, 1.165) is 31.5 Å². The van der Waals surface area contributed by atoms with E-state index in [-0.39, 0.29) is 5.91 Å². The maximum absolute atomic E-state index is 11.5. The zero-order chi connectivity index (χ0) is 18.1. The Morgan fingerprint density at radius 2 is 1.92 bits per heavy atom. The number of hydrogen-bond acceptors (Lipinski definition) is 3. The van der Waals surface area contributed by atoms with Crippen LogP contribution in [0.1, 0.15) is 57.4 Å². The fourth-order valence-corrected chi connectivity index (χ4v) is 5.44. The number of para-hydroxylation sites is 1. The first-order valence-electron chi connectivity index (χ1n) is 10.3. The Kier molecular flexibility index (Phi) is 4.96. The highest BCUT2D eigenvalue weighted by atomic mass is 16.5. The Bertz CT molecular complexity index is 645. The highest BCUT2D eigenvalue weighted by Crippen LogP contribution is 2.48. The van der Waals surface area contributed by atoms with Crippen LogP contribution in [0.4, 0.5) is 0 Å². The number of benzene rings is 1. The highest BCUT2D eigenvalue weighted by molar-refractivity contribution is 5.74. The van der Waals surface area contributed by atoms with Gasteiger partial charge in [0.25, 0.3) is 0 Å². The largest absolute Gasteiger partial charge is 0.494 e. The molecule has 0 unspecified atom stereocenters. The number of likely N-dealkylation sites (tertiary alicyclic amines) is 2. The lowest BCUT2D eigenvalue weighted by atomic mass is 9.78. The summed E-state index contributed by atoms with van der Waals surface area (Å²) in [4.78, 5) is 16.2. The number of amides is 1. The molecule has 2 aliphatic heterocycles. The van der Waals surface area contributed by atoms with Crippen LogP contribution >= 0.6 is 0 Å². The van der Waals surface area contributed by atoms with Crippen molar-refractivity contribution < 1.29 is 9.53 Å². The van der Waals surface area contributed by atoms with E-state index >= 15 is 0 Å². The molecule has 4 nitrogen and oxygen atoms in total. The summed E-state index contributed by atoms with van der Waals surface area (Å²) in [6, 6.07) is 9.31. The predicted molar refractivity (Wildman–Crippen MR) is 103 cm³/mol. The predicted octanol–water partition coefficient (Wildman–Crippen LogP) is 3.67. The van der Waals surface area contributed by atoms with E-state index in [4.69, 9.17) is 4.74 Å². The van der Waals surface area contributed by atoms with Crippen molar-refractivity contribution in [3.63, 3.8) is 0 Å². The summed E-state index contributed by atoms with van der Waals surface area (Å²) in [5, 5.41) is 0. The third-order valence-electron chi connectivity index (χ3n) is 6.88. The van der Waals surface area contributed by atoms with Gasteiger partial charge in [0.15, 0.2) is 0 Å². The topological polar surface area (TPSA) is 32.8 Å². The molecule has 3 fully saturated rings. The van der Waals surface area contributed by atoms with E-state index in [2.05, 4.69) is 36.1 Å². The van der Waals surface area contributed by atoms with Gasteiger partial charge in [-0.25, -0.2) is 0 Å². The molecule has 4 heteroatoms. The second-order valence-corrected chi connectivity index (χ2v) is 8.55. The molecule has 1 saturated carbocycles. The molecule has 4 rings (SSSR count). The van der Waals surface area contributed by atoms with Gasteiger partial charge < -0.3 is 14.5 Å². The summed E-state index contributed by atoms with van der Waals surface area (Å²) in [5.41, 5.74) is 1.84. The van der Waals surface area contributed by atoms with Gasteiger partial charge in [-0.3, -0.25) is 4.79 Å². The number of hydrogen-bond donors (Lipinski definition) is 0. The quantitative estimate of drug-likeness (QED) is 0.825. The summed E-state index contributed by atoms with van der Waals surface area (Å²) >= 11 is 0. The van der Waals surface area contributed by atoms with E-state index in [1.54, 1.807) is 6.92 Å². The number of ether oxygens (including phenoxy) is 1. The van der Waals surface area contributed by atoms with Crippen molar-refractivity contribution in [3.8, 4) is 5.75 Å². The molecule has 0 radical (unpaired) electrons. The Hall–Kier alpha value is -1.55. The molecular weight excluding hydrogens is 324 g/mol. The van der Waals surface area contributed by atoms with Crippen molar-refractivity contribution in [1.82, 2.24) is 9.80 Å². The Labute approximate surface area is 157 Å². The summed E-state index contributed by atoms with van der Waals surface area (Å²) < 4.78 is 5.85. The molecule has 26 heavy (non-hydrogen) atoms. The summed E-state index contributed by atoms with van der Waals surface area (Å²) in [5.74, 6) is 1.95. The number of nitrogens with zero attached hydrogens (tertiary/aromatic N) is 2. The maximum atomic E-state index is 11.5. The normalized spacial score (nSPS) is 26.1. The first-order chi connectivity index (χ1) is 12.6. The van der Waals surface area contributed by atoms with Crippen LogP contribution < -0.4 is 4.74 Å². The molecule has 1 atom stereocenters. The monoisotopic (exact) mass is 356 g/mol. The molecule has 1 aliphatic carbocycles. The number of carbonyl (C=O) groups is 1. The van der Waals surface area contributed by atoms with E-state index in [9.17, 15) is 4.79 Å². The van der Waals surface area contributed by atoms with Crippen LogP contribution in [0.15, 0.2) is 24.3 Å². The molecule has 0 N–H and O–H groups in total. The number of carbonyl (C=O) groups excluding carboxylic acids is 1. The minimum absolute atomic E-state index is 0.243. The average Bonchev–Trinajstić information content (AvgIpc) is 3.07. The number of rotatable bonds is 4. The standard InChI is InChI=1S/C22H32N2O2/c1-3-26-21-7-5-4-6-20(21)18-9-12-23(13-10-18)19-8-11-22(14-19)15-24(16-22)17(2)25/h4-7,18-19H,3,8-16H2,1-2H3/t19-/m1/s1. The second kappa shape index (κ2) is 7.22. The van der Waals surface area contributed by atoms with Gasteiger partial charge in [0.1, 0.15) is 5.75 Å². The van der Waals surface area contributed by atoms with E-state index in [0.29, 0.717) is 11.3 Å². The molecule has 1 aromatic rings. The first-order valence-corrected chi connectivity index (χ1v) is 10.3. The molecule has 2 saturated heterocycles. The third-order valence-corrected chi connectivity index (χ3v) is 6.88. The lowest BCUT2D eigenvalue weighted by Crippen LogP contribution is -2.57. The smallest absolute Gasteiger partial charge is 0.219 e. The third kappa shape index (κ3) is 3.36. The fraction of sp³-hybridized carbons (Fsp3) is 0.682. The van der Waals surface area contributed by atoms with E-state index in [1.165, 1.54) is 50.8 Å². The summed E-state index contributed by atoms with van der Waals surface area (Å²) in [7, 11) is 0. The molecule has 142 valence electrons. The summed E-state index contributed by atoms with van der Waals surface area (Å²) in [6.45, 7) is 8.88. The van der Waals surface area contributed by atoms with Crippen LogP contribution in [0, 0.1) is 5.41 Å². The highest BCUT2D eigenvalue weighted by Gasteiger charge is 2.50. The van der Waals surface area contributed by atoms with Gasteiger partial charge in [-0.15, -0.1) is 0 Å². The molecular formula is C22H32N2O2. The Morgan fingerprint density at radius 3 is 2.62 bits per heavy atom. The van der Waals surface area contributed by atoms with Crippen LogP contribution in [0.3, 0.4) is 0 Å².